The van der Waals surface area contributed by atoms with E-state index in [4.69, 9.17) is 14.6 Å². The van der Waals surface area contributed by atoms with Crippen molar-refractivity contribution in [3.8, 4) is 5.75 Å². The van der Waals surface area contributed by atoms with Gasteiger partial charge in [0.1, 0.15) is 12.4 Å². The van der Waals surface area contributed by atoms with Gasteiger partial charge < -0.3 is 19.9 Å². The van der Waals surface area contributed by atoms with Crippen molar-refractivity contribution in [2.75, 3.05) is 33.9 Å². The number of nitrogens with one attached hydrogen (secondary N) is 1. The Bertz CT molecular complexity index is 603. The van der Waals surface area contributed by atoms with Crippen LogP contribution in [0.4, 0.5) is 0 Å². The van der Waals surface area contributed by atoms with Crippen LogP contribution in [0.5, 0.6) is 5.75 Å². The summed E-state index contributed by atoms with van der Waals surface area (Å²) in [5.41, 5.74) is 2.27. The van der Waals surface area contributed by atoms with Crippen LogP contribution in [0.15, 0.2) is 18.2 Å². The third kappa shape index (κ3) is 4.51. The van der Waals surface area contributed by atoms with Crippen LogP contribution >= 0.6 is 0 Å². The Kier molecular flexibility index (Phi) is 5.93. The van der Waals surface area contributed by atoms with Gasteiger partial charge in [-0.1, -0.05) is 6.07 Å². The maximum Gasteiger partial charge on any atom is 0.245 e. The molecule has 2 fully saturated rings. The zero-order valence-electron chi connectivity index (χ0n) is 15.0. The van der Waals surface area contributed by atoms with Crippen molar-refractivity contribution in [2.45, 2.75) is 32.0 Å². The minimum atomic E-state index is -0.438. The van der Waals surface area contributed by atoms with Crippen molar-refractivity contribution in [2.24, 2.45) is 11.8 Å². The van der Waals surface area contributed by atoms with Gasteiger partial charge in [-0.15, -0.1) is 0 Å². The molecular formula is C19H28N2O4. The second-order valence-corrected chi connectivity index (χ2v) is 7.11. The SMILES string of the molecule is COCc1cc(CN2C[C@@H](NC(=O)CO)[C@H](C3CC3)C2)ccc1OC. The molecule has 1 heterocycles. The Balaban J connectivity index is 1.66. The molecule has 6 nitrogen and oxygen atoms in total. The fourth-order valence-electron chi connectivity index (χ4n) is 3.91. The minimum absolute atomic E-state index is 0.142. The van der Waals surface area contributed by atoms with Crippen molar-refractivity contribution in [1.29, 1.82) is 0 Å². The third-order valence-corrected chi connectivity index (χ3v) is 5.21. The average Bonchev–Trinajstić information content (AvgIpc) is 3.38. The van der Waals surface area contributed by atoms with Gasteiger partial charge in [0, 0.05) is 38.3 Å². The number of amides is 1. The number of ether oxygens (including phenoxy) is 2. The molecule has 25 heavy (non-hydrogen) atoms. The molecule has 1 saturated carbocycles. The van der Waals surface area contributed by atoms with Crippen LogP contribution in [-0.2, 0) is 22.7 Å². The van der Waals surface area contributed by atoms with E-state index in [9.17, 15) is 4.79 Å². The summed E-state index contributed by atoms with van der Waals surface area (Å²) in [6, 6.07) is 6.35. The van der Waals surface area contributed by atoms with Crippen LogP contribution in [0.25, 0.3) is 0 Å². The molecule has 3 rings (SSSR count). The summed E-state index contributed by atoms with van der Waals surface area (Å²) in [6.45, 7) is 2.75. The highest BCUT2D eigenvalue weighted by Gasteiger charge is 2.42. The molecule has 0 radical (unpaired) electrons. The predicted octanol–water partition coefficient (Wildman–Crippen LogP) is 1.16. The second kappa shape index (κ2) is 8.17. The Labute approximate surface area is 149 Å². The summed E-state index contributed by atoms with van der Waals surface area (Å²) in [5, 5.41) is 12.0. The Morgan fingerprint density at radius 3 is 2.76 bits per heavy atom. The van der Waals surface area contributed by atoms with Gasteiger partial charge in [0.2, 0.25) is 5.91 Å². The lowest BCUT2D eigenvalue weighted by Gasteiger charge is -2.18. The van der Waals surface area contributed by atoms with Crippen molar-refractivity contribution in [3.63, 3.8) is 0 Å². The lowest BCUT2D eigenvalue weighted by atomic mass is 9.98. The fraction of sp³-hybridized carbons (Fsp3) is 0.632. The normalized spacial score (nSPS) is 23.6. The van der Waals surface area contributed by atoms with Gasteiger partial charge >= 0.3 is 0 Å². The zero-order chi connectivity index (χ0) is 17.8. The molecule has 0 bridgehead atoms. The predicted molar refractivity (Wildman–Crippen MR) is 94.2 cm³/mol. The Hall–Kier alpha value is -1.63. The standard InChI is InChI=1S/C19H28N2O4/c1-24-12-15-7-13(3-6-18(15)25-2)8-21-9-16(14-4-5-14)17(10-21)20-19(23)11-22/h3,6-7,14,16-17,22H,4-5,8-12H2,1-2H3,(H,20,23)/t16-,17+/m0/s1. The molecule has 2 aliphatic rings. The van der Waals surface area contributed by atoms with Gasteiger partial charge in [0.05, 0.1) is 13.7 Å². The van der Waals surface area contributed by atoms with E-state index in [0.717, 1.165) is 30.9 Å². The minimum Gasteiger partial charge on any atom is -0.496 e. The molecule has 0 aromatic heterocycles. The van der Waals surface area contributed by atoms with Crippen molar-refractivity contribution in [1.82, 2.24) is 10.2 Å². The topological polar surface area (TPSA) is 71.0 Å². The smallest absolute Gasteiger partial charge is 0.245 e. The molecule has 0 unspecified atom stereocenters. The van der Waals surface area contributed by atoms with Crippen LogP contribution in [0.1, 0.15) is 24.0 Å². The molecule has 1 aromatic rings. The number of carbonyl (C=O) groups excluding carboxylic acids is 1. The first-order chi connectivity index (χ1) is 12.1. The van der Waals surface area contributed by atoms with E-state index in [2.05, 4.69) is 22.3 Å². The number of rotatable bonds is 8. The van der Waals surface area contributed by atoms with Crippen molar-refractivity contribution < 1.29 is 19.4 Å². The van der Waals surface area contributed by atoms with Crippen LogP contribution in [0.3, 0.4) is 0 Å². The molecule has 1 saturated heterocycles. The summed E-state index contributed by atoms with van der Waals surface area (Å²) in [4.78, 5) is 14.0. The number of hydrogen-bond donors (Lipinski definition) is 2. The highest BCUT2D eigenvalue weighted by atomic mass is 16.5. The van der Waals surface area contributed by atoms with Gasteiger partial charge in [-0.05, 0) is 42.4 Å². The quantitative estimate of drug-likeness (QED) is 0.738. The van der Waals surface area contributed by atoms with Crippen LogP contribution in [-0.4, -0.2) is 55.9 Å². The summed E-state index contributed by atoms with van der Waals surface area (Å²) in [6.07, 6.45) is 2.51. The van der Waals surface area contributed by atoms with E-state index in [1.807, 2.05) is 6.07 Å². The molecule has 1 amide bonds. The monoisotopic (exact) mass is 348 g/mol. The highest BCUT2D eigenvalue weighted by Crippen LogP contribution is 2.41. The summed E-state index contributed by atoms with van der Waals surface area (Å²) in [5.74, 6) is 1.78. The summed E-state index contributed by atoms with van der Waals surface area (Å²) < 4.78 is 10.6. The van der Waals surface area contributed by atoms with Gasteiger partial charge in [-0.3, -0.25) is 9.69 Å². The molecule has 2 N–H and O–H groups in total. The number of aliphatic hydroxyl groups is 1. The number of aliphatic hydroxyl groups excluding tert-OH is 1. The Morgan fingerprint density at radius 2 is 2.12 bits per heavy atom. The molecule has 1 aliphatic heterocycles. The first kappa shape index (κ1) is 18.2. The molecule has 1 aliphatic carbocycles. The first-order valence-electron chi connectivity index (χ1n) is 8.92. The number of nitrogens with zero attached hydrogens (tertiary/aromatic N) is 1. The number of carbonyl (C=O) groups is 1. The van der Waals surface area contributed by atoms with Crippen LogP contribution in [0, 0.1) is 11.8 Å². The summed E-state index contributed by atoms with van der Waals surface area (Å²) in [7, 11) is 3.35. The van der Waals surface area contributed by atoms with E-state index in [1.54, 1.807) is 14.2 Å². The second-order valence-electron chi connectivity index (χ2n) is 7.11. The van der Waals surface area contributed by atoms with Gasteiger partial charge in [-0.2, -0.15) is 0 Å². The maximum atomic E-state index is 11.6. The van der Waals surface area contributed by atoms with Crippen LogP contribution < -0.4 is 10.1 Å². The average molecular weight is 348 g/mol. The van der Waals surface area contributed by atoms with E-state index >= 15 is 0 Å². The summed E-state index contributed by atoms with van der Waals surface area (Å²) >= 11 is 0. The number of hydrogen-bond acceptors (Lipinski definition) is 5. The van der Waals surface area contributed by atoms with Crippen LogP contribution in [0.2, 0.25) is 0 Å². The van der Waals surface area contributed by atoms with E-state index in [1.165, 1.54) is 18.4 Å². The van der Waals surface area contributed by atoms with Crippen molar-refractivity contribution in [3.05, 3.63) is 29.3 Å². The number of likely N-dealkylation sites (tertiary alicyclic amines) is 1. The molecule has 1 aromatic carbocycles. The zero-order valence-corrected chi connectivity index (χ0v) is 15.0. The molecule has 6 heteroatoms. The molecule has 2 atom stereocenters. The van der Waals surface area contributed by atoms with Gasteiger partial charge in [-0.25, -0.2) is 0 Å². The fourth-order valence-corrected chi connectivity index (χ4v) is 3.91. The van der Waals surface area contributed by atoms with Crippen molar-refractivity contribution >= 4 is 5.91 Å². The van der Waals surface area contributed by atoms with Gasteiger partial charge in [0.25, 0.3) is 0 Å². The van der Waals surface area contributed by atoms with E-state index < -0.39 is 6.61 Å². The van der Waals surface area contributed by atoms with E-state index in [-0.39, 0.29) is 11.9 Å². The lowest BCUT2D eigenvalue weighted by Crippen LogP contribution is -2.42. The molecular weight excluding hydrogens is 320 g/mol. The number of methoxy groups -OCH3 is 2. The Morgan fingerprint density at radius 1 is 1.32 bits per heavy atom. The molecule has 138 valence electrons. The van der Waals surface area contributed by atoms with E-state index in [0.29, 0.717) is 18.4 Å². The number of benzene rings is 1. The van der Waals surface area contributed by atoms with Gasteiger partial charge in [0.15, 0.2) is 0 Å². The third-order valence-electron chi connectivity index (χ3n) is 5.21. The highest BCUT2D eigenvalue weighted by molar-refractivity contribution is 5.77. The molecule has 0 spiro atoms. The first-order valence-corrected chi connectivity index (χ1v) is 8.92. The maximum absolute atomic E-state index is 11.6. The largest absolute Gasteiger partial charge is 0.496 e. The lowest BCUT2D eigenvalue weighted by molar-refractivity contribution is -0.124.